The third kappa shape index (κ3) is 10.7. The average molecular weight is 1470 g/mol. The molecule has 0 unspecified atom stereocenters. The summed E-state index contributed by atoms with van der Waals surface area (Å²) in [6.45, 7) is 26.9. The Morgan fingerprint density at radius 3 is 1.35 bits per heavy atom. The Kier molecular flexibility index (Phi) is 13.2. The van der Waals surface area contributed by atoms with Crippen molar-refractivity contribution in [3.63, 3.8) is 0 Å². The Labute approximate surface area is 672 Å². The lowest BCUT2D eigenvalue weighted by Gasteiger charge is -2.45. The maximum atomic E-state index is 10.0. The van der Waals surface area contributed by atoms with Crippen LogP contribution in [0.4, 0.5) is 34.1 Å². The van der Waals surface area contributed by atoms with Crippen LogP contribution in [0.5, 0.6) is 0 Å². The zero-order valence-corrected chi connectivity index (χ0v) is 65.6. The van der Waals surface area contributed by atoms with E-state index in [1.165, 1.54) is 33.0 Å². The standard InChI is InChI=1S/C106H88BN5O/c1-103(2,3)70-44-51-89-82(61-70)83-62-71(104(4,5)6)45-52-90(83)110(89)76-47-50-85-92(64-76)112(102-77(66-32-18-14-19-33-66)48-53-98-100(102)81-39-25-29-43-97(81)113-98)96-59-69(67-54-72(105(7,8)9)60-73(55-67)106(10,11)12)58-95-101(96)107(85)84-49-46-75(109-86-40-26-22-36-78(86)79-37-23-27-41-87(79)109)63-91(84)111(95)94-57-68(65-30-16-13-17-31-65)56-93-99(94)80-38-24-28-42-88(80)108(93)74-34-20-15-21-35-74/h13-64H,1-12H3/i22D,23D,26D,27D,36D,37D,40D,41D. The molecule has 0 radical (unpaired) electrons. The lowest BCUT2D eigenvalue weighted by molar-refractivity contribution is 0.569. The molecule has 0 atom stereocenters. The van der Waals surface area contributed by atoms with E-state index in [0.717, 1.165) is 150 Å². The van der Waals surface area contributed by atoms with Gasteiger partial charge in [0.2, 0.25) is 0 Å². The van der Waals surface area contributed by atoms with Crippen LogP contribution in [0.15, 0.2) is 320 Å². The molecule has 0 saturated heterocycles. The minimum atomic E-state index is -0.570. The van der Waals surface area contributed by atoms with Gasteiger partial charge in [-0.2, -0.15) is 0 Å². The molecule has 6 nitrogen and oxygen atoms in total. The SMILES string of the molecule is [2H]c1c([2H])c([2H])c2c(c1[2H])c1c([2H])c([2H])c([2H])c([2H])c1n2-c1ccc2c(c1)N(c1cc(-c3ccccc3)cc3c1c1ccccc1n3-c1ccccc1)c1cc(-c3cc(C(C)(C)C)cc(C(C)(C)C)c3)cc3c1B2c1ccc(-n2c4ccc(C(C)(C)C)cc4c4cc(C(C)(C)C)ccc42)cc1N3c1c(-c2ccccc2)ccc2oc3ccccc3c12. The number of aromatic nitrogens is 3. The van der Waals surface area contributed by atoms with E-state index in [2.05, 4.69) is 357 Å². The molecule has 546 valence electrons. The molecular formula is C106H88BN5O. The first-order valence-electron chi connectivity index (χ1n) is 43.4. The van der Waals surface area contributed by atoms with Crippen LogP contribution in [0, 0.1) is 0 Å². The van der Waals surface area contributed by atoms with Crippen molar-refractivity contribution in [1.29, 1.82) is 0 Å². The molecule has 0 amide bonds. The number of hydrogen-bond acceptors (Lipinski definition) is 3. The molecule has 0 saturated carbocycles. The number of anilines is 6. The van der Waals surface area contributed by atoms with E-state index < -0.39 is 43.0 Å². The van der Waals surface area contributed by atoms with E-state index in [9.17, 15) is 11.0 Å². The minimum Gasteiger partial charge on any atom is -0.456 e. The number of nitrogens with zero attached hydrogens (tertiary/aromatic N) is 5. The highest BCUT2D eigenvalue weighted by molar-refractivity contribution is 7.00. The van der Waals surface area contributed by atoms with Gasteiger partial charge in [0.25, 0.3) is 6.71 Å². The van der Waals surface area contributed by atoms with Gasteiger partial charge in [0.15, 0.2) is 0 Å². The van der Waals surface area contributed by atoms with Gasteiger partial charge in [0, 0.05) is 83.1 Å². The van der Waals surface area contributed by atoms with Crippen LogP contribution in [0.3, 0.4) is 0 Å². The molecule has 4 aromatic heterocycles. The van der Waals surface area contributed by atoms with Crippen LogP contribution in [0.2, 0.25) is 0 Å². The van der Waals surface area contributed by atoms with Crippen LogP contribution in [-0.4, -0.2) is 20.4 Å². The zero-order valence-electron chi connectivity index (χ0n) is 73.6. The second-order valence-corrected chi connectivity index (χ2v) is 35.1. The Balaban J connectivity index is 0.986. The molecule has 0 aliphatic carbocycles. The van der Waals surface area contributed by atoms with Crippen LogP contribution in [0.1, 0.15) is 116 Å². The summed E-state index contributed by atoms with van der Waals surface area (Å²) in [5.41, 5.74) is 26.1. The van der Waals surface area contributed by atoms with Crippen LogP contribution in [-0.2, 0) is 21.7 Å². The topological polar surface area (TPSA) is 34.4 Å². The predicted molar refractivity (Wildman–Crippen MR) is 482 cm³/mol. The highest BCUT2D eigenvalue weighted by Crippen LogP contribution is 2.55. The van der Waals surface area contributed by atoms with Crippen LogP contribution in [0.25, 0.3) is 138 Å². The second-order valence-electron chi connectivity index (χ2n) is 35.1. The van der Waals surface area contributed by atoms with Gasteiger partial charge >= 0.3 is 0 Å². The molecule has 6 heterocycles. The Bertz CT molecular complexity index is 7500. The maximum absolute atomic E-state index is 10.0. The molecule has 113 heavy (non-hydrogen) atoms. The maximum Gasteiger partial charge on any atom is 0.252 e. The van der Waals surface area contributed by atoms with E-state index in [4.69, 9.17) is 4.42 Å². The molecule has 0 spiro atoms. The van der Waals surface area contributed by atoms with Gasteiger partial charge in [-0.25, -0.2) is 0 Å². The Morgan fingerprint density at radius 2 is 0.752 bits per heavy atom. The molecular weight excluding hydrogens is 1370 g/mol. The van der Waals surface area contributed by atoms with Crippen molar-refractivity contribution in [2.45, 2.75) is 105 Å². The summed E-state index contributed by atoms with van der Waals surface area (Å²) in [4.78, 5) is 5.05. The average Bonchev–Trinajstić information content (AvgIpc) is 1.62. The smallest absolute Gasteiger partial charge is 0.252 e. The lowest BCUT2D eigenvalue weighted by Crippen LogP contribution is -2.61. The summed E-state index contributed by atoms with van der Waals surface area (Å²) in [6.07, 6.45) is 0. The van der Waals surface area contributed by atoms with Gasteiger partial charge in [0.05, 0.1) is 60.8 Å². The van der Waals surface area contributed by atoms with Gasteiger partial charge in [-0.3, -0.25) is 0 Å². The van der Waals surface area contributed by atoms with Crippen LogP contribution < -0.4 is 26.2 Å². The van der Waals surface area contributed by atoms with Crippen molar-refractivity contribution in [3.8, 4) is 50.4 Å². The Hall–Kier alpha value is -12.8. The number of fused-ring (bicyclic) bond motifs is 16. The number of furan rings is 1. The molecule has 2 aliphatic rings. The normalized spacial score (nSPS) is 14.2. The molecule has 21 rings (SSSR count). The monoisotopic (exact) mass is 1470 g/mol. The molecule has 19 aromatic rings. The second kappa shape index (κ2) is 24.8. The van der Waals surface area contributed by atoms with Crippen molar-refractivity contribution >= 4 is 145 Å². The zero-order chi connectivity index (χ0) is 83.8. The van der Waals surface area contributed by atoms with Gasteiger partial charge in [-0.15, -0.1) is 0 Å². The fraction of sp³-hybridized carbons (Fsp3) is 0.151. The van der Waals surface area contributed by atoms with Crippen molar-refractivity contribution in [3.05, 3.63) is 338 Å². The number of hydrogen-bond donors (Lipinski definition) is 0. The van der Waals surface area contributed by atoms with Gasteiger partial charge in [-0.05, 0) is 209 Å². The number of rotatable bonds is 8. The largest absolute Gasteiger partial charge is 0.456 e. The predicted octanol–water partition coefficient (Wildman–Crippen LogP) is 27.2. The van der Waals surface area contributed by atoms with E-state index >= 15 is 0 Å². The molecule has 15 aromatic carbocycles. The fourth-order valence-corrected chi connectivity index (χ4v) is 18.3. The molecule has 2 aliphatic heterocycles. The van der Waals surface area contributed by atoms with E-state index in [0.29, 0.717) is 5.69 Å². The first-order chi connectivity index (χ1) is 57.9. The van der Waals surface area contributed by atoms with Gasteiger partial charge in [-0.1, -0.05) is 277 Å². The van der Waals surface area contributed by atoms with Crippen molar-refractivity contribution in [1.82, 2.24) is 13.7 Å². The lowest BCUT2D eigenvalue weighted by atomic mass is 9.33. The molecule has 0 N–H and O–H groups in total. The summed E-state index contributed by atoms with van der Waals surface area (Å²) in [7, 11) is 0. The minimum absolute atomic E-state index is 0.000225. The summed E-state index contributed by atoms with van der Waals surface area (Å²) >= 11 is 0. The van der Waals surface area contributed by atoms with Gasteiger partial charge < -0.3 is 27.9 Å². The quantitative estimate of drug-likeness (QED) is 0.142. The highest BCUT2D eigenvalue weighted by Gasteiger charge is 2.46. The summed E-state index contributed by atoms with van der Waals surface area (Å²) in [6, 6.07) is 93.9. The Morgan fingerprint density at radius 1 is 0.283 bits per heavy atom. The number of para-hydroxylation sites is 5. The first-order valence-corrected chi connectivity index (χ1v) is 39.4. The summed E-state index contributed by atoms with van der Waals surface area (Å²) in [5.74, 6) is 0. The third-order valence-corrected chi connectivity index (χ3v) is 24.0. The van der Waals surface area contributed by atoms with E-state index in [1.54, 1.807) is 4.57 Å². The highest BCUT2D eigenvalue weighted by atomic mass is 16.3. The molecule has 0 bridgehead atoms. The van der Waals surface area contributed by atoms with Gasteiger partial charge in [0.1, 0.15) is 11.2 Å². The molecule has 0 fully saturated rings. The number of benzene rings is 15. The third-order valence-electron chi connectivity index (χ3n) is 24.0. The van der Waals surface area contributed by atoms with Crippen molar-refractivity contribution < 1.29 is 15.4 Å². The van der Waals surface area contributed by atoms with E-state index in [-0.39, 0.29) is 55.6 Å². The van der Waals surface area contributed by atoms with Crippen molar-refractivity contribution in [2.24, 2.45) is 0 Å². The van der Waals surface area contributed by atoms with Crippen molar-refractivity contribution in [2.75, 3.05) is 9.80 Å². The first kappa shape index (κ1) is 60.0. The summed E-state index contributed by atoms with van der Waals surface area (Å²) < 4.78 is 90.4. The van der Waals surface area contributed by atoms with E-state index in [1.807, 2.05) is 12.1 Å². The van der Waals surface area contributed by atoms with Crippen LogP contribution >= 0.6 is 0 Å². The summed E-state index contributed by atoms with van der Waals surface area (Å²) in [5, 5.41) is 6.21. The fourth-order valence-electron chi connectivity index (χ4n) is 18.3. The molecule has 7 heteroatoms.